The first kappa shape index (κ1) is 20.1. The monoisotopic (exact) mass is 420 g/mol. The van der Waals surface area contributed by atoms with Gasteiger partial charge in [0.1, 0.15) is 5.69 Å². The molecule has 8 heteroatoms. The summed E-state index contributed by atoms with van der Waals surface area (Å²) in [6.07, 6.45) is 5.66. The maximum atomic E-state index is 5.47. The number of anilines is 1. The Morgan fingerprint density at radius 2 is 1.74 bits per heavy atom. The lowest BCUT2D eigenvalue weighted by Crippen LogP contribution is -2.36. The van der Waals surface area contributed by atoms with Crippen LogP contribution in [0.25, 0.3) is 22.6 Å². The van der Waals surface area contributed by atoms with Gasteiger partial charge < -0.3 is 19.4 Å². The Morgan fingerprint density at radius 1 is 0.968 bits per heavy atom. The normalized spacial score (nSPS) is 17.8. The minimum atomic E-state index is 0.758. The summed E-state index contributed by atoms with van der Waals surface area (Å²) >= 11 is 0. The zero-order valence-corrected chi connectivity index (χ0v) is 17.9. The molecular weight excluding hydrogens is 392 g/mol. The van der Waals surface area contributed by atoms with Crippen LogP contribution in [-0.2, 0) is 16.0 Å². The molecule has 5 heterocycles. The lowest BCUT2D eigenvalue weighted by atomic mass is 10.1. The molecular formula is C23H28N6O2. The molecule has 0 bridgehead atoms. The van der Waals surface area contributed by atoms with E-state index in [2.05, 4.69) is 43.8 Å². The van der Waals surface area contributed by atoms with Crippen molar-refractivity contribution < 1.29 is 9.47 Å². The van der Waals surface area contributed by atoms with Gasteiger partial charge in [-0.05, 0) is 30.7 Å². The van der Waals surface area contributed by atoms with Crippen LogP contribution < -0.4 is 4.90 Å². The molecule has 0 aliphatic carbocycles. The number of aromatic amines is 1. The molecule has 5 rings (SSSR count). The van der Waals surface area contributed by atoms with Crippen LogP contribution in [0.1, 0.15) is 11.4 Å². The highest BCUT2D eigenvalue weighted by Crippen LogP contribution is 2.27. The average molecular weight is 421 g/mol. The maximum absolute atomic E-state index is 5.47. The molecule has 0 radical (unpaired) electrons. The SMILES string of the molecule is Cc1[nH]c(-c2cc(-c3cncc(N4CCOCC4)c3)ccn2)nc1CN1CCOCC1. The van der Waals surface area contributed by atoms with Gasteiger partial charge in [0, 0.05) is 56.4 Å². The summed E-state index contributed by atoms with van der Waals surface area (Å²) in [6.45, 7) is 9.68. The van der Waals surface area contributed by atoms with Crippen molar-refractivity contribution in [2.45, 2.75) is 13.5 Å². The fourth-order valence-corrected chi connectivity index (χ4v) is 4.06. The van der Waals surface area contributed by atoms with Crippen LogP contribution in [0, 0.1) is 6.92 Å². The lowest BCUT2D eigenvalue weighted by molar-refractivity contribution is 0.0336. The van der Waals surface area contributed by atoms with Gasteiger partial charge >= 0.3 is 0 Å². The van der Waals surface area contributed by atoms with E-state index in [1.807, 2.05) is 24.7 Å². The van der Waals surface area contributed by atoms with E-state index in [4.69, 9.17) is 14.5 Å². The van der Waals surface area contributed by atoms with E-state index in [-0.39, 0.29) is 0 Å². The fraction of sp³-hybridized carbons (Fsp3) is 0.435. The van der Waals surface area contributed by atoms with E-state index in [1.165, 1.54) is 0 Å². The first-order valence-electron chi connectivity index (χ1n) is 10.9. The highest BCUT2D eigenvalue weighted by Gasteiger charge is 2.17. The van der Waals surface area contributed by atoms with Gasteiger partial charge in [0.05, 0.1) is 44.0 Å². The number of H-pyrrole nitrogens is 1. The van der Waals surface area contributed by atoms with Crippen LogP contribution in [0.2, 0.25) is 0 Å². The van der Waals surface area contributed by atoms with Crippen LogP contribution in [-0.4, -0.2) is 77.4 Å². The zero-order valence-electron chi connectivity index (χ0n) is 17.9. The molecule has 0 atom stereocenters. The summed E-state index contributed by atoms with van der Waals surface area (Å²) < 4.78 is 10.9. The molecule has 162 valence electrons. The topological polar surface area (TPSA) is 79.4 Å². The molecule has 2 saturated heterocycles. The fourth-order valence-electron chi connectivity index (χ4n) is 4.06. The first-order chi connectivity index (χ1) is 15.3. The maximum Gasteiger partial charge on any atom is 0.156 e. The molecule has 0 amide bonds. The zero-order chi connectivity index (χ0) is 21.0. The third kappa shape index (κ3) is 4.61. The van der Waals surface area contributed by atoms with Gasteiger partial charge in [-0.1, -0.05) is 0 Å². The number of hydrogen-bond acceptors (Lipinski definition) is 7. The number of ether oxygens (including phenoxy) is 2. The summed E-state index contributed by atoms with van der Waals surface area (Å²) in [5, 5.41) is 0. The Hall–Kier alpha value is -2.81. The third-order valence-electron chi connectivity index (χ3n) is 5.90. The van der Waals surface area contributed by atoms with Gasteiger partial charge in [0.25, 0.3) is 0 Å². The Morgan fingerprint density at radius 3 is 2.55 bits per heavy atom. The van der Waals surface area contributed by atoms with Gasteiger partial charge in [0.15, 0.2) is 5.82 Å². The Balaban J connectivity index is 1.37. The minimum absolute atomic E-state index is 0.758. The number of aromatic nitrogens is 4. The van der Waals surface area contributed by atoms with Crippen LogP contribution in [0.4, 0.5) is 5.69 Å². The summed E-state index contributed by atoms with van der Waals surface area (Å²) in [5.41, 5.74) is 6.28. The lowest BCUT2D eigenvalue weighted by Gasteiger charge is -2.28. The van der Waals surface area contributed by atoms with Crippen molar-refractivity contribution in [1.29, 1.82) is 0 Å². The van der Waals surface area contributed by atoms with Gasteiger partial charge in [-0.2, -0.15) is 0 Å². The number of aryl methyl sites for hydroxylation is 1. The van der Waals surface area contributed by atoms with Crippen LogP contribution in [0.15, 0.2) is 36.8 Å². The number of rotatable bonds is 5. The molecule has 2 aliphatic rings. The number of hydrogen-bond donors (Lipinski definition) is 1. The average Bonchev–Trinajstić information content (AvgIpc) is 3.20. The number of nitrogens with zero attached hydrogens (tertiary/aromatic N) is 5. The highest BCUT2D eigenvalue weighted by molar-refractivity contribution is 5.70. The second-order valence-corrected chi connectivity index (χ2v) is 8.01. The molecule has 0 unspecified atom stereocenters. The van der Waals surface area contributed by atoms with E-state index in [0.717, 1.165) is 98.9 Å². The van der Waals surface area contributed by atoms with Crippen molar-refractivity contribution >= 4 is 5.69 Å². The first-order valence-corrected chi connectivity index (χ1v) is 10.9. The molecule has 0 saturated carbocycles. The van der Waals surface area contributed by atoms with Crippen molar-refractivity contribution in [2.24, 2.45) is 0 Å². The van der Waals surface area contributed by atoms with Crippen LogP contribution >= 0.6 is 0 Å². The molecule has 2 aliphatic heterocycles. The van der Waals surface area contributed by atoms with Gasteiger partial charge in [-0.3, -0.25) is 14.9 Å². The van der Waals surface area contributed by atoms with Crippen molar-refractivity contribution in [1.82, 2.24) is 24.8 Å². The predicted molar refractivity (Wildman–Crippen MR) is 119 cm³/mol. The molecule has 8 nitrogen and oxygen atoms in total. The largest absolute Gasteiger partial charge is 0.379 e. The number of imidazole rings is 1. The highest BCUT2D eigenvalue weighted by atomic mass is 16.5. The van der Waals surface area contributed by atoms with Crippen molar-refractivity contribution in [3.63, 3.8) is 0 Å². The molecule has 3 aromatic rings. The molecule has 0 spiro atoms. The van der Waals surface area contributed by atoms with Crippen molar-refractivity contribution in [3.8, 4) is 22.6 Å². The second-order valence-electron chi connectivity index (χ2n) is 8.01. The van der Waals surface area contributed by atoms with Gasteiger partial charge in [-0.25, -0.2) is 4.98 Å². The smallest absolute Gasteiger partial charge is 0.156 e. The van der Waals surface area contributed by atoms with E-state index in [9.17, 15) is 0 Å². The van der Waals surface area contributed by atoms with Gasteiger partial charge in [-0.15, -0.1) is 0 Å². The second kappa shape index (κ2) is 9.13. The van der Waals surface area contributed by atoms with E-state index >= 15 is 0 Å². The summed E-state index contributed by atoms with van der Waals surface area (Å²) in [4.78, 5) is 22.0. The molecule has 3 aromatic heterocycles. The van der Waals surface area contributed by atoms with Crippen molar-refractivity contribution in [2.75, 3.05) is 57.5 Å². The Bertz CT molecular complexity index is 1020. The molecule has 1 N–H and O–H groups in total. The third-order valence-corrected chi connectivity index (χ3v) is 5.90. The van der Waals surface area contributed by atoms with Crippen LogP contribution in [0.5, 0.6) is 0 Å². The standard InChI is InChI=1S/C23H28N6O2/c1-17-22(16-28-4-8-30-9-5-28)27-23(26-17)21-13-18(2-3-25-21)19-12-20(15-24-14-19)29-6-10-31-11-7-29/h2-3,12-15H,4-11,16H2,1H3,(H,26,27). The Kier molecular flexibility index (Phi) is 5.93. The molecule has 2 fully saturated rings. The quantitative estimate of drug-likeness (QED) is 0.679. The Labute approximate surface area is 182 Å². The van der Waals surface area contributed by atoms with E-state index in [0.29, 0.717) is 0 Å². The molecule has 0 aromatic carbocycles. The van der Waals surface area contributed by atoms with Crippen molar-refractivity contribution in [3.05, 3.63) is 48.2 Å². The van der Waals surface area contributed by atoms with E-state index in [1.54, 1.807) is 0 Å². The summed E-state index contributed by atoms with van der Waals surface area (Å²) in [6, 6.07) is 6.29. The number of pyridine rings is 2. The molecule has 31 heavy (non-hydrogen) atoms. The predicted octanol–water partition coefficient (Wildman–Crippen LogP) is 2.51. The number of nitrogens with one attached hydrogen (secondary N) is 1. The minimum Gasteiger partial charge on any atom is -0.379 e. The summed E-state index contributed by atoms with van der Waals surface area (Å²) in [5.74, 6) is 0.805. The van der Waals surface area contributed by atoms with Gasteiger partial charge in [0.2, 0.25) is 0 Å². The number of morpholine rings is 2. The van der Waals surface area contributed by atoms with Crippen LogP contribution in [0.3, 0.4) is 0 Å². The summed E-state index contributed by atoms with van der Waals surface area (Å²) in [7, 11) is 0. The van der Waals surface area contributed by atoms with E-state index < -0.39 is 0 Å².